The van der Waals surface area contributed by atoms with Crippen LogP contribution in [0.25, 0.3) is 0 Å². The van der Waals surface area contributed by atoms with Gasteiger partial charge in [-0.25, -0.2) is 0 Å². The number of carboxylic acids is 1. The van der Waals surface area contributed by atoms with E-state index in [4.69, 9.17) is 9.15 Å². The van der Waals surface area contributed by atoms with Crippen molar-refractivity contribution in [2.75, 3.05) is 5.32 Å². The normalized spacial score (nSPS) is 25.8. The average Bonchev–Trinajstić information content (AvgIpc) is 3.46. The second-order valence-electron chi connectivity index (χ2n) is 7.42. The number of hydrazine groups is 1. The molecule has 0 saturated carbocycles. The molecule has 1 fully saturated rings. The van der Waals surface area contributed by atoms with Crippen molar-refractivity contribution >= 4 is 29.4 Å². The number of furan rings is 1. The second-order valence-corrected chi connectivity index (χ2v) is 7.42. The Morgan fingerprint density at radius 1 is 1.03 bits per heavy atom. The summed E-state index contributed by atoms with van der Waals surface area (Å²) in [7, 11) is 0. The third-order valence-corrected chi connectivity index (χ3v) is 5.35. The van der Waals surface area contributed by atoms with Crippen molar-refractivity contribution < 1.29 is 33.4 Å². The maximum atomic E-state index is 12.6. The summed E-state index contributed by atoms with van der Waals surface area (Å²) >= 11 is 0. The molecule has 3 heterocycles. The van der Waals surface area contributed by atoms with Crippen molar-refractivity contribution in [1.29, 1.82) is 0 Å². The summed E-state index contributed by atoms with van der Waals surface area (Å²) in [6.45, 7) is 1.63. The number of anilines is 1. The van der Waals surface area contributed by atoms with Gasteiger partial charge in [0.25, 0.3) is 11.8 Å². The zero-order valence-electron chi connectivity index (χ0n) is 16.3. The predicted octanol–water partition coefficient (Wildman–Crippen LogP) is 1.34. The highest BCUT2D eigenvalue weighted by atomic mass is 16.5. The largest absolute Gasteiger partial charge is 0.481 e. The van der Waals surface area contributed by atoms with Gasteiger partial charge in [0.15, 0.2) is 5.76 Å². The van der Waals surface area contributed by atoms with E-state index in [0.717, 1.165) is 0 Å². The molecule has 4 rings (SSSR count). The minimum Gasteiger partial charge on any atom is -0.481 e. The van der Waals surface area contributed by atoms with Gasteiger partial charge in [-0.3, -0.25) is 30.0 Å². The number of nitrogens with one attached hydrogen (secondary N) is 3. The van der Waals surface area contributed by atoms with Gasteiger partial charge < -0.3 is 19.6 Å². The van der Waals surface area contributed by atoms with Crippen LogP contribution in [0.15, 0.2) is 59.2 Å². The van der Waals surface area contributed by atoms with Crippen LogP contribution in [0.1, 0.15) is 27.8 Å². The van der Waals surface area contributed by atoms with E-state index in [2.05, 4.69) is 16.2 Å². The number of hydrogen-bond acceptors (Lipinski definition) is 6. The molecular formula is C21H19N3O7. The van der Waals surface area contributed by atoms with Gasteiger partial charge in [0.2, 0.25) is 5.91 Å². The molecule has 31 heavy (non-hydrogen) atoms. The zero-order valence-corrected chi connectivity index (χ0v) is 16.3. The van der Waals surface area contributed by atoms with Crippen molar-refractivity contribution in [2.45, 2.75) is 18.6 Å². The van der Waals surface area contributed by atoms with Crippen LogP contribution in [-0.4, -0.2) is 40.5 Å². The van der Waals surface area contributed by atoms with Crippen molar-refractivity contribution in [3.05, 3.63) is 66.1 Å². The maximum absolute atomic E-state index is 12.6. The summed E-state index contributed by atoms with van der Waals surface area (Å²) in [4.78, 5) is 48.5. The van der Waals surface area contributed by atoms with Gasteiger partial charge in [0, 0.05) is 11.3 Å². The molecule has 0 spiro atoms. The standard InChI is InChI=1S/C21H19N3O7/c1-21-9-8-13(31-21)15(20(28)29)16(21)19(27)24-23-17(25)11-4-6-12(7-5-11)22-18(26)14-3-2-10-30-14/h2-10,13,15-16H,1H3,(H,22,26)(H,23,25)(H,24,27)(H,28,29)/t13-,15-,16+,21+/m1/s1. The van der Waals surface area contributed by atoms with Crippen LogP contribution in [0.5, 0.6) is 0 Å². The average molecular weight is 425 g/mol. The molecule has 0 radical (unpaired) electrons. The lowest BCUT2D eigenvalue weighted by Gasteiger charge is -2.27. The molecule has 1 saturated heterocycles. The molecule has 1 aromatic carbocycles. The minimum absolute atomic E-state index is 0.150. The molecule has 10 heteroatoms. The lowest BCUT2D eigenvalue weighted by molar-refractivity contribution is -0.147. The zero-order chi connectivity index (χ0) is 22.2. The van der Waals surface area contributed by atoms with E-state index in [-0.39, 0.29) is 11.3 Å². The number of ether oxygens (including phenoxy) is 1. The van der Waals surface area contributed by atoms with Crippen LogP contribution in [0.2, 0.25) is 0 Å². The molecule has 2 aliphatic heterocycles. The fraction of sp³-hybridized carbons (Fsp3) is 0.238. The number of carboxylic acid groups (broad SMARTS) is 1. The highest BCUT2D eigenvalue weighted by Gasteiger charge is 2.59. The second kappa shape index (κ2) is 7.73. The van der Waals surface area contributed by atoms with Crippen LogP contribution in [0, 0.1) is 11.8 Å². The van der Waals surface area contributed by atoms with E-state index in [1.807, 2.05) is 0 Å². The maximum Gasteiger partial charge on any atom is 0.310 e. The molecule has 0 unspecified atom stereocenters. The monoisotopic (exact) mass is 425 g/mol. The van der Waals surface area contributed by atoms with E-state index >= 15 is 0 Å². The molecule has 1 aromatic heterocycles. The van der Waals surface area contributed by atoms with Gasteiger partial charge in [-0.15, -0.1) is 0 Å². The SMILES string of the molecule is C[C@@]12C=C[C@@H](O1)[C@@H](C(=O)O)[C@H]2C(=O)NNC(=O)c1ccc(NC(=O)c2ccco2)cc1. The summed E-state index contributed by atoms with van der Waals surface area (Å²) in [5, 5.41) is 12.1. The van der Waals surface area contributed by atoms with Gasteiger partial charge >= 0.3 is 5.97 Å². The Kier molecular flexibility index (Phi) is 5.07. The molecule has 3 amide bonds. The molecule has 4 N–H and O–H groups in total. The topological polar surface area (TPSA) is 147 Å². The Morgan fingerprint density at radius 3 is 2.42 bits per heavy atom. The van der Waals surface area contributed by atoms with Crippen molar-refractivity contribution in [2.24, 2.45) is 11.8 Å². The van der Waals surface area contributed by atoms with E-state index in [0.29, 0.717) is 5.69 Å². The number of carbonyl (C=O) groups is 4. The molecule has 160 valence electrons. The number of amides is 3. The summed E-state index contributed by atoms with van der Waals surface area (Å²) in [6.07, 6.45) is 4.00. The van der Waals surface area contributed by atoms with Gasteiger partial charge in [0.1, 0.15) is 5.92 Å². The first-order valence-corrected chi connectivity index (χ1v) is 9.43. The Balaban J connectivity index is 1.35. The molecule has 2 aromatic rings. The molecule has 2 bridgehead atoms. The lowest BCUT2D eigenvalue weighted by Crippen LogP contribution is -2.52. The van der Waals surface area contributed by atoms with Crippen LogP contribution < -0.4 is 16.2 Å². The molecule has 0 aliphatic carbocycles. The lowest BCUT2D eigenvalue weighted by atomic mass is 9.76. The van der Waals surface area contributed by atoms with E-state index < -0.39 is 47.2 Å². The highest BCUT2D eigenvalue weighted by Crippen LogP contribution is 2.46. The summed E-state index contributed by atoms with van der Waals surface area (Å²) in [5.41, 5.74) is 4.19. The van der Waals surface area contributed by atoms with Crippen molar-refractivity contribution in [3.8, 4) is 0 Å². The number of rotatable bonds is 5. The minimum atomic E-state index is -1.14. The first-order valence-electron chi connectivity index (χ1n) is 9.43. The number of aliphatic carboxylic acids is 1. The predicted molar refractivity (Wildman–Crippen MR) is 106 cm³/mol. The van der Waals surface area contributed by atoms with Crippen LogP contribution in [0.4, 0.5) is 5.69 Å². The fourth-order valence-corrected chi connectivity index (χ4v) is 3.85. The van der Waals surface area contributed by atoms with Gasteiger partial charge in [-0.05, 0) is 43.3 Å². The number of fused-ring (bicyclic) bond motifs is 2. The van der Waals surface area contributed by atoms with Crippen molar-refractivity contribution in [1.82, 2.24) is 10.9 Å². The Hall–Kier alpha value is -3.92. The summed E-state index contributed by atoms with van der Waals surface area (Å²) < 4.78 is 10.6. The van der Waals surface area contributed by atoms with Crippen LogP contribution in [-0.2, 0) is 14.3 Å². The highest BCUT2D eigenvalue weighted by molar-refractivity contribution is 6.02. The third-order valence-electron chi connectivity index (χ3n) is 5.35. The Bertz CT molecular complexity index is 1060. The third kappa shape index (κ3) is 3.80. The number of benzene rings is 1. The molecular weight excluding hydrogens is 406 g/mol. The van der Waals surface area contributed by atoms with Gasteiger partial charge in [-0.1, -0.05) is 12.2 Å². The quantitative estimate of drug-likeness (QED) is 0.417. The number of carbonyl (C=O) groups excluding carboxylic acids is 3. The Labute approximate surface area is 176 Å². The summed E-state index contributed by atoms with van der Waals surface area (Å²) in [5.74, 6) is -4.71. The van der Waals surface area contributed by atoms with Gasteiger partial charge in [0.05, 0.1) is 23.9 Å². The van der Waals surface area contributed by atoms with E-state index in [9.17, 15) is 24.3 Å². The molecule has 10 nitrogen and oxygen atoms in total. The molecule has 4 atom stereocenters. The van der Waals surface area contributed by atoms with Crippen molar-refractivity contribution in [3.63, 3.8) is 0 Å². The fourth-order valence-electron chi connectivity index (χ4n) is 3.85. The molecule has 2 aliphatic rings. The first kappa shape index (κ1) is 20.4. The van der Waals surface area contributed by atoms with E-state index in [1.165, 1.54) is 36.6 Å². The van der Waals surface area contributed by atoms with Gasteiger partial charge in [-0.2, -0.15) is 0 Å². The van der Waals surface area contributed by atoms with Crippen LogP contribution >= 0.6 is 0 Å². The van der Waals surface area contributed by atoms with E-state index in [1.54, 1.807) is 25.1 Å². The Morgan fingerprint density at radius 2 is 1.77 bits per heavy atom. The smallest absolute Gasteiger partial charge is 0.310 e. The first-order chi connectivity index (χ1) is 14.8. The number of hydrogen-bond donors (Lipinski definition) is 4. The summed E-state index contributed by atoms with van der Waals surface area (Å²) in [6, 6.07) is 9.08. The van der Waals surface area contributed by atoms with Crippen LogP contribution in [0.3, 0.4) is 0 Å².